The van der Waals surface area contributed by atoms with Crippen molar-refractivity contribution in [2.75, 3.05) is 13.7 Å². The first kappa shape index (κ1) is 21.6. The van der Waals surface area contributed by atoms with Crippen molar-refractivity contribution in [2.45, 2.75) is 39.5 Å². The summed E-state index contributed by atoms with van der Waals surface area (Å²) in [6.45, 7) is 4.74. The third-order valence-electron chi connectivity index (χ3n) is 5.26. The molecule has 1 amide bonds. The van der Waals surface area contributed by atoms with Gasteiger partial charge in [0.05, 0.1) is 18.4 Å². The highest BCUT2D eigenvalue weighted by Crippen LogP contribution is 2.31. The highest BCUT2D eigenvalue weighted by atomic mass is 19.1. The lowest BCUT2D eigenvalue weighted by Gasteiger charge is -2.13. The summed E-state index contributed by atoms with van der Waals surface area (Å²) in [7, 11) is 1.63. The summed E-state index contributed by atoms with van der Waals surface area (Å²) in [4.78, 5) is 12.9. The Kier molecular flexibility index (Phi) is 7.28. The summed E-state index contributed by atoms with van der Waals surface area (Å²) in [5.41, 5.74) is 4.00. The molecule has 30 heavy (non-hydrogen) atoms. The maximum Gasteiger partial charge on any atom is 0.253 e. The second-order valence-electron chi connectivity index (χ2n) is 7.39. The number of carbonyl (C=O) groups is 1. The van der Waals surface area contributed by atoms with Crippen LogP contribution in [0.15, 0.2) is 54.6 Å². The lowest BCUT2D eigenvalue weighted by atomic mass is 10.1. The molecule has 5 heteroatoms. The van der Waals surface area contributed by atoms with Gasteiger partial charge in [0, 0.05) is 23.5 Å². The van der Waals surface area contributed by atoms with E-state index in [0.717, 1.165) is 47.7 Å². The van der Waals surface area contributed by atoms with Crippen LogP contribution in [0.3, 0.4) is 0 Å². The van der Waals surface area contributed by atoms with Crippen molar-refractivity contribution in [2.24, 2.45) is 0 Å². The molecule has 0 saturated carbocycles. The molecule has 0 fully saturated rings. The molecule has 0 bridgehead atoms. The van der Waals surface area contributed by atoms with Crippen LogP contribution >= 0.6 is 0 Å². The fraction of sp³-hybridized carbons (Fsp3) is 0.320. The molecule has 1 aromatic heterocycles. The van der Waals surface area contributed by atoms with Gasteiger partial charge < -0.3 is 14.6 Å². The van der Waals surface area contributed by atoms with Gasteiger partial charge in [-0.1, -0.05) is 38.3 Å². The van der Waals surface area contributed by atoms with Crippen molar-refractivity contribution in [3.05, 3.63) is 71.7 Å². The zero-order chi connectivity index (χ0) is 21.5. The van der Waals surface area contributed by atoms with Crippen molar-refractivity contribution in [1.29, 1.82) is 0 Å². The van der Waals surface area contributed by atoms with Crippen molar-refractivity contribution >= 4 is 5.91 Å². The van der Waals surface area contributed by atoms with Crippen LogP contribution in [0, 0.1) is 12.7 Å². The number of halogens is 1. The molecule has 0 spiro atoms. The number of aromatic nitrogens is 1. The van der Waals surface area contributed by atoms with E-state index in [1.54, 1.807) is 19.2 Å². The molecule has 0 radical (unpaired) electrons. The molecule has 0 aliphatic rings. The quantitative estimate of drug-likeness (QED) is 0.447. The third-order valence-corrected chi connectivity index (χ3v) is 5.26. The molecule has 2 aromatic carbocycles. The molecule has 4 nitrogen and oxygen atoms in total. The van der Waals surface area contributed by atoms with Gasteiger partial charge in [-0.3, -0.25) is 4.79 Å². The number of nitrogens with one attached hydrogen (secondary N) is 1. The van der Waals surface area contributed by atoms with Crippen molar-refractivity contribution in [3.8, 4) is 22.7 Å². The average Bonchev–Trinajstić information content (AvgIpc) is 3.11. The number of ether oxygens (including phenoxy) is 1. The molecule has 158 valence electrons. The van der Waals surface area contributed by atoms with E-state index in [1.165, 1.54) is 18.6 Å². The summed E-state index contributed by atoms with van der Waals surface area (Å²) in [6, 6.07) is 15.9. The Morgan fingerprint density at radius 2 is 1.83 bits per heavy atom. The standard InChI is InChI=1S/C25H29FN2O2/c1-4-5-6-7-15-27-25(29)23-17-24(19-9-8-10-22(16-19)30-3)28(18(23)2)21-13-11-20(26)12-14-21/h8-14,16-17H,4-7,15H2,1-3H3,(H,27,29). The van der Waals surface area contributed by atoms with Crippen LogP contribution in [0.2, 0.25) is 0 Å². The molecule has 0 unspecified atom stereocenters. The first-order valence-electron chi connectivity index (χ1n) is 10.5. The zero-order valence-electron chi connectivity index (χ0n) is 17.9. The Balaban J connectivity index is 1.99. The summed E-state index contributed by atoms with van der Waals surface area (Å²) < 4.78 is 20.9. The van der Waals surface area contributed by atoms with Gasteiger partial charge in [-0.25, -0.2) is 4.39 Å². The normalized spacial score (nSPS) is 10.8. The largest absolute Gasteiger partial charge is 0.497 e. The summed E-state index contributed by atoms with van der Waals surface area (Å²) in [5.74, 6) is 0.351. The lowest BCUT2D eigenvalue weighted by Crippen LogP contribution is -2.24. The van der Waals surface area contributed by atoms with Crippen LogP contribution in [0.4, 0.5) is 4.39 Å². The maximum atomic E-state index is 13.5. The molecule has 3 rings (SSSR count). The highest BCUT2D eigenvalue weighted by Gasteiger charge is 2.20. The van der Waals surface area contributed by atoms with Crippen molar-refractivity contribution in [1.82, 2.24) is 9.88 Å². The minimum absolute atomic E-state index is 0.0889. The van der Waals surface area contributed by atoms with Crippen LogP contribution in [0.5, 0.6) is 5.75 Å². The summed E-state index contributed by atoms with van der Waals surface area (Å²) >= 11 is 0. The number of hydrogen-bond donors (Lipinski definition) is 1. The smallest absolute Gasteiger partial charge is 0.253 e. The Labute approximate surface area is 177 Å². The fourth-order valence-electron chi connectivity index (χ4n) is 3.60. The second-order valence-corrected chi connectivity index (χ2v) is 7.39. The van der Waals surface area contributed by atoms with E-state index >= 15 is 0 Å². The molecule has 1 heterocycles. The monoisotopic (exact) mass is 408 g/mol. The van der Waals surface area contributed by atoms with E-state index in [-0.39, 0.29) is 11.7 Å². The number of hydrogen-bond acceptors (Lipinski definition) is 2. The number of carbonyl (C=O) groups excluding carboxylic acids is 1. The second kappa shape index (κ2) is 10.1. The molecule has 0 aliphatic carbocycles. The maximum absolute atomic E-state index is 13.5. The minimum Gasteiger partial charge on any atom is -0.497 e. The summed E-state index contributed by atoms with van der Waals surface area (Å²) in [5, 5.41) is 3.04. The van der Waals surface area contributed by atoms with Crippen LogP contribution in [-0.4, -0.2) is 24.1 Å². The zero-order valence-corrected chi connectivity index (χ0v) is 17.9. The Morgan fingerprint density at radius 1 is 1.07 bits per heavy atom. The molecule has 3 aromatic rings. The van der Waals surface area contributed by atoms with E-state index in [1.807, 2.05) is 41.8 Å². The van der Waals surface area contributed by atoms with Gasteiger partial charge in [0.25, 0.3) is 5.91 Å². The average molecular weight is 409 g/mol. The highest BCUT2D eigenvalue weighted by molar-refractivity contribution is 5.97. The number of benzene rings is 2. The van der Waals surface area contributed by atoms with Gasteiger partial charge in [-0.05, 0) is 55.8 Å². The first-order chi connectivity index (χ1) is 14.5. The van der Waals surface area contributed by atoms with E-state index in [0.29, 0.717) is 12.1 Å². The lowest BCUT2D eigenvalue weighted by molar-refractivity contribution is 0.0952. The van der Waals surface area contributed by atoms with Crippen LogP contribution in [-0.2, 0) is 0 Å². The van der Waals surface area contributed by atoms with Gasteiger partial charge in [0.15, 0.2) is 0 Å². The molecule has 0 atom stereocenters. The topological polar surface area (TPSA) is 43.3 Å². The van der Waals surface area contributed by atoms with Gasteiger partial charge in [0.2, 0.25) is 0 Å². The number of methoxy groups -OCH3 is 1. The van der Waals surface area contributed by atoms with Crippen LogP contribution < -0.4 is 10.1 Å². The predicted molar refractivity (Wildman–Crippen MR) is 119 cm³/mol. The third kappa shape index (κ3) is 4.90. The molecular formula is C25H29FN2O2. The number of unbranched alkanes of at least 4 members (excludes halogenated alkanes) is 3. The van der Waals surface area contributed by atoms with E-state index < -0.39 is 0 Å². The van der Waals surface area contributed by atoms with Gasteiger partial charge >= 0.3 is 0 Å². The number of amides is 1. The van der Waals surface area contributed by atoms with Crippen LogP contribution in [0.1, 0.15) is 48.7 Å². The Morgan fingerprint density at radius 3 is 2.53 bits per heavy atom. The van der Waals surface area contributed by atoms with E-state index in [4.69, 9.17) is 4.74 Å². The fourth-order valence-corrected chi connectivity index (χ4v) is 3.60. The van der Waals surface area contributed by atoms with E-state index in [2.05, 4.69) is 12.2 Å². The molecular weight excluding hydrogens is 379 g/mol. The SMILES string of the molecule is CCCCCCNC(=O)c1cc(-c2cccc(OC)c2)n(-c2ccc(F)cc2)c1C. The van der Waals surface area contributed by atoms with Gasteiger partial charge in [-0.2, -0.15) is 0 Å². The molecule has 0 aliphatic heterocycles. The molecule has 1 N–H and O–H groups in total. The predicted octanol–water partition coefficient (Wildman–Crippen LogP) is 5.91. The van der Waals surface area contributed by atoms with Gasteiger partial charge in [-0.15, -0.1) is 0 Å². The van der Waals surface area contributed by atoms with Gasteiger partial charge in [0.1, 0.15) is 11.6 Å². The Hall–Kier alpha value is -3.08. The Bertz CT molecular complexity index is 993. The van der Waals surface area contributed by atoms with E-state index in [9.17, 15) is 9.18 Å². The number of nitrogens with zero attached hydrogens (tertiary/aromatic N) is 1. The van der Waals surface area contributed by atoms with Crippen molar-refractivity contribution in [3.63, 3.8) is 0 Å². The first-order valence-corrected chi connectivity index (χ1v) is 10.5. The van der Waals surface area contributed by atoms with Crippen molar-refractivity contribution < 1.29 is 13.9 Å². The number of rotatable bonds is 9. The van der Waals surface area contributed by atoms with Crippen LogP contribution in [0.25, 0.3) is 16.9 Å². The minimum atomic E-state index is -0.295. The molecule has 0 saturated heterocycles. The summed E-state index contributed by atoms with van der Waals surface area (Å²) in [6.07, 6.45) is 4.43.